The minimum absolute atomic E-state index is 0.151. The molecule has 2 aromatic heterocycles. The first-order valence-electron chi connectivity index (χ1n) is 12.3. The Morgan fingerprint density at radius 3 is 2.28 bits per heavy atom. The molecular weight excluding hydrogens is 444 g/mol. The van der Waals surface area contributed by atoms with Crippen molar-refractivity contribution in [2.45, 2.75) is 40.5 Å². The van der Waals surface area contributed by atoms with Crippen LogP contribution in [0.25, 0.3) is 27.8 Å². The highest BCUT2D eigenvalue weighted by molar-refractivity contribution is 6.13. The van der Waals surface area contributed by atoms with E-state index >= 15 is 0 Å². The number of fused-ring (bicyclic) bond motifs is 1. The van der Waals surface area contributed by atoms with Crippen LogP contribution in [-0.4, -0.2) is 20.7 Å². The van der Waals surface area contributed by atoms with Crippen LogP contribution >= 0.6 is 0 Å². The number of carbonyl (C=O) groups is 1. The minimum Gasteiger partial charge on any atom is -0.321 e. The molecule has 0 aliphatic carbocycles. The van der Waals surface area contributed by atoms with Crippen molar-refractivity contribution in [3.63, 3.8) is 0 Å². The van der Waals surface area contributed by atoms with Crippen molar-refractivity contribution in [3.8, 4) is 16.9 Å². The van der Waals surface area contributed by atoms with Gasteiger partial charge in [0.05, 0.1) is 34.4 Å². The Balaban J connectivity index is 1.57. The predicted molar refractivity (Wildman–Crippen MR) is 147 cm³/mol. The third-order valence-corrected chi connectivity index (χ3v) is 6.77. The van der Waals surface area contributed by atoms with Crippen molar-refractivity contribution in [2.75, 3.05) is 5.32 Å². The van der Waals surface area contributed by atoms with Gasteiger partial charge in [-0.05, 0) is 67.6 Å². The summed E-state index contributed by atoms with van der Waals surface area (Å²) in [7, 11) is 0. The predicted octanol–water partition coefficient (Wildman–Crippen LogP) is 7.39. The van der Waals surface area contributed by atoms with E-state index in [-0.39, 0.29) is 5.91 Å². The van der Waals surface area contributed by atoms with Crippen molar-refractivity contribution in [2.24, 2.45) is 0 Å². The summed E-state index contributed by atoms with van der Waals surface area (Å²) in [5.74, 6) is 0.324. The van der Waals surface area contributed by atoms with Gasteiger partial charge >= 0.3 is 0 Å². The third kappa shape index (κ3) is 4.29. The number of benzene rings is 3. The third-order valence-electron chi connectivity index (χ3n) is 6.77. The monoisotopic (exact) mass is 474 g/mol. The highest BCUT2D eigenvalue weighted by Gasteiger charge is 2.18. The molecule has 0 aliphatic heterocycles. The smallest absolute Gasteiger partial charge is 0.256 e. The fourth-order valence-electron chi connectivity index (χ4n) is 4.62. The highest BCUT2D eigenvalue weighted by Crippen LogP contribution is 2.30. The van der Waals surface area contributed by atoms with E-state index in [1.165, 1.54) is 5.56 Å². The molecule has 0 bridgehead atoms. The van der Waals surface area contributed by atoms with E-state index < -0.39 is 0 Å². The molecule has 5 heteroatoms. The summed E-state index contributed by atoms with van der Waals surface area (Å²) in [6.07, 6.45) is 1.83. The molecule has 180 valence electrons. The van der Waals surface area contributed by atoms with Crippen molar-refractivity contribution >= 4 is 22.5 Å². The summed E-state index contributed by atoms with van der Waals surface area (Å²) in [5, 5.41) is 8.62. The van der Waals surface area contributed by atoms with Gasteiger partial charge in [-0.1, -0.05) is 62.4 Å². The van der Waals surface area contributed by atoms with Crippen LogP contribution in [0.15, 0.2) is 79.0 Å². The second-order valence-electron chi connectivity index (χ2n) is 9.59. The summed E-state index contributed by atoms with van der Waals surface area (Å²) in [6, 6.07) is 24.1. The average Bonchev–Trinajstić information content (AvgIpc) is 3.26. The van der Waals surface area contributed by atoms with Gasteiger partial charge in [0, 0.05) is 16.6 Å². The molecule has 1 amide bonds. The van der Waals surface area contributed by atoms with Gasteiger partial charge in [0.1, 0.15) is 0 Å². The Morgan fingerprint density at radius 1 is 0.889 bits per heavy atom. The summed E-state index contributed by atoms with van der Waals surface area (Å²) < 4.78 is 1.92. The number of hydrogen-bond acceptors (Lipinski definition) is 3. The van der Waals surface area contributed by atoms with E-state index in [4.69, 9.17) is 4.98 Å². The quantitative estimate of drug-likeness (QED) is 0.289. The Kier molecular flexibility index (Phi) is 6.15. The van der Waals surface area contributed by atoms with Crippen molar-refractivity contribution < 1.29 is 4.79 Å². The van der Waals surface area contributed by atoms with Gasteiger partial charge in [-0.15, -0.1) is 0 Å². The van der Waals surface area contributed by atoms with E-state index in [1.807, 2.05) is 80.2 Å². The fourth-order valence-corrected chi connectivity index (χ4v) is 4.62. The van der Waals surface area contributed by atoms with Crippen molar-refractivity contribution in [1.82, 2.24) is 14.8 Å². The van der Waals surface area contributed by atoms with Crippen LogP contribution in [0, 0.1) is 20.8 Å². The molecule has 2 heterocycles. The second kappa shape index (κ2) is 9.42. The van der Waals surface area contributed by atoms with Gasteiger partial charge in [0.15, 0.2) is 0 Å². The van der Waals surface area contributed by atoms with E-state index in [2.05, 4.69) is 48.5 Å². The number of hydrogen-bond donors (Lipinski definition) is 1. The molecule has 0 atom stereocenters. The molecule has 0 radical (unpaired) electrons. The number of anilines is 1. The Hall–Kier alpha value is -4.25. The Morgan fingerprint density at radius 2 is 1.58 bits per heavy atom. The number of amides is 1. The van der Waals surface area contributed by atoms with E-state index in [0.29, 0.717) is 11.5 Å². The van der Waals surface area contributed by atoms with Crippen LogP contribution in [0.4, 0.5) is 5.69 Å². The summed E-state index contributed by atoms with van der Waals surface area (Å²) in [5.41, 5.74) is 9.15. The van der Waals surface area contributed by atoms with E-state index in [1.54, 1.807) is 0 Å². The molecule has 3 aromatic carbocycles. The number of aromatic nitrogens is 3. The highest BCUT2D eigenvalue weighted by atomic mass is 16.1. The molecule has 0 saturated carbocycles. The van der Waals surface area contributed by atoms with Gasteiger partial charge in [0.25, 0.3) is 5.91 Å². The lowest BCUT2D eigenvalue weighted by Crippen LogP contribution is -2.15. The van der Waals surface area contributed by atoms with Crippen LogP contribution in [-0.2, 0) is 0 Å². The number of rotatable bonds is 5. The summed E-state index contributed by atoms with van der Waals surface area (Å²) in [6.45, 7) is 10.4. The Labute approximate surface area is 211 Å². The first-order chi connectivity index (χ1) is 17.3. The number of para-hydroxylation sites is 2. The lowest BCUT2D eigenvalue weighted by Gasteiger charge is -2.14. The molecule has 0 aliphatic rings. The van der Waals surface area contributed by atoms with E-state index in [9.17, 15) is 4.79 Å². The van der Waals surface area contributed by atoms with Gasteiger partial charge in [-0.25, -0.2) is 9.67 Å². The number of nitrogens with zero attached hydrogens (tertiary/aromatic N) is 3. The van der Waals surface area contributed by atoms with Gasteiger partial charge < -0.3 is 5.32 Å². The Bertz CT molecular complexity index is 1560. The molecule has 0 spiro atoms. The topological polar surface area (TPSA) is 59.8 Å². The van der Waals surface area contributed by atoms with Gasteiger partial charge in [-0.3, -0.25) is 4.79 Å². The molecule has 1 N–H and O–H groups in total. The zero-order valence-electron chi connectivity index (χ0n) is 21.3. The molecule has 0 unspecified atom stereocenters. The first kappa shape index (κ1) is 23.5. The molecule has 0 saturated heterocycles. The van der Waals surface area contributed by atoms with Crippen LogP contribution in [0.2, 0.25) is 0 Å². The van der Waals surface area contributed by atoms with Gasteiger partial charge in [-0.2, -0.15) is 5.10 Å². The zero-order chi connectivity index (χ0) is 25.4. The van der Waals surface area contributed by atoms with Gasteiger partial charge in [0.2, 0.25) is 0 Å². The number of carbonyl (C=O) groups excluding carboxylic acids is 1. The van der Waals surface area contributed by atoms with Crippen molar-refractivity contribution in [3.05, 3.63) is 107 Å². The molecule has 5 nitrogen and oxygen atoms in total. The van der Waals surface area contributed by atoms with Crippen LogP contribution in [0.5, 0.6) is 0 Å². The van der Waals surface area contributed by atoms with Crippen LogP contribution in [0.3, 0.4) is 0 Å². The van der Waals surface area contributed by atoms with E-state index in [0.717, 1.165) is 50.4 Å². The maximum absolute atomic E-state index is 13.6. The zero-order valence-corrected chi connectivity index (χ0v) is 21.3. The number of aryl methyl sites for hydroxylation is 2. The molecule has 0 fully saturated rings. The number of pyridine rings is 1. The molecule has 5 aromatic rings. The maximum Gasteiger partial charge on any atom is 0.256 e. The van der Waals surface area contributed by atoms with Crippen LogP contribution < -0.4 is 5.32 Å². The number of nitrogens with one attached hydrogen (secondary N) is 1. The maximum atomic E-state index is 13.6. The fraction of sp³-hybridized carbons (Fsp3) is 0.194. The van der Waals surface area contributed by atoms with Crippen LogP contribution in [0.1, 0.15) is 52.5 Å². The summed E-state index contributed by atoms with van der Waals surface area (Å²) >= 11 is 0. The minimum atomic E-state index is -0.151. The average molecular weight is 475 g/mol. The first-order valence-corrected chi connectivity index (χ1v) is 12.3. The lowest BCUT2D eigenvalue weighted by atomic mass is 10.0. The SMILES string of the molecule is Cc1cccc(C)c1NC(=O)c1cc(-c2cnn(-c3ccc(C(C)C)cc3)c2C)nc2ccccc12. The molecular formula is C31H30N4O. The normalized spacial score (nSPS) is 11.3. The molecule has 36 heavy (non-hydrogen) atoms. The standard InChI is InChI=1S/C31H30N4O/c1-19(2)23-13-15-24(16-14-23)35-22(5)27(18-32-35)29-17-26(25-11-6-7-12-28(25)33-29)31(36)34-30-20(3)9-8-10-21(30)4/h6-19H,1-5H3,(H,34,36). The largest absolute Gasteiger partial charge is 0.321 e. The summed E-state index contributed by atoms with van der Waals surface area (Å²) in [4.78, 5) is 18.5. The van der Waals surface area contributed by atoms with Crippen molar-refractivity contribution in [1.29, 1.82) is 0 Å². The second-order valence-corrected chi connectivity index (χ2v) is 9.59. The lowest BCUT2D eigenvalue weighted by molar-refractivity contribution is 0.102. The molecule has 5 rings (SSSR count).